The Bertz CT molecular complexity index is 1420. The van der Waals surface area contributed by atoms with Gasteiger partial charge in [0.2, 0.25) is 11.8 Å². The summed E-state index contributed by atoms with van der Waals surface area (Å²) in [5.41, 5.74) is 1.16. The summed E-state index contributed by atoms with van der Waals surface area (Å²) in [5, 5.41) is 3.44. The molecule has 3 rings (SSSR count). The van der Waals surface area contributed by atoms with E-state index in [0.717, 1.165) is 27.6 Å². The summed E-state index contributed by atoms with van der Waals surface area (Å²) in [4.78, 5) is 28.7. The number of aryl methyl sites for hydroxylation is 1. The summed E-state index contributed by atoms with van der Waals surface area (Å²) < 4.78 is 42.3. The van der Waals surface area contributed by atoms with E-state index in [-0.39, 0.29) is 23.0 Å². The molecule has 3 aromatic rings. The second kappa shape index (κ2) is 12.8. The number of nitrogens with zero attached hydrogens (tertiary/aromatic N) is 2. The number of rotatable bonds is 10. The summed E-state index contributed by atoms with van der Waals surface area (Å²) in [6.45, 7) is 8.59. The van der Waals surface area contributed by atoms with Crippen LogP contribution in [0.25, 0.3) is 0 Å². The third-order valence-electron chi connectivity index (χ3n) is 6.15. The molecule has 0 saturated carbocycles. The van der Waals surface area contributed by atoms with E-state index in [9.17, 15) is 22.4 Å². The van der Waals surface area contributed by atoms with Gasteiger partial charge in [0.15, 0.2) is 0 Å². The molecule has 0 bridgehead atoms. The molecule has 1 atom stereocenters. The van der Waals surface area contributed by atoms with Crippen LogP contribution in [0.4, 0.5) is 10.1 Å². The molecule has 2 amide bonds. The van der Waals surface area contributed by atoms with Gasteiger partial charge in [-0.05, 0) is 88.2 Å². The molecule has 3 aromatic carbocycles. The number of carbonyl (C=O) groups excluding carboxylic acids is 2. The Kier molecular flexibility index (Phi) is 9.97. The normalized spacial score (nSPS) is 12.5. The van der Waals surface area contributed by atoms with E-state index in [1.807, 2.05) is 27.7 Å². The van der Waals surface area contributed by atoms with Gasteiger partial charge in [-0.1, -0.05) is 48.4 Å². The third-order valence-corrected chi connectivity index (χ3v) is 8.19. The molecule has 214 valence electrons. The van der Waals surface area contributed by atoms with Crippen LogP contribution < -0.4 is 9.62 Å². The van der Waals surface area contributed by atoms with Crippen molar-refractivity contribution in [1.82, 2.24) is 10.2 Å². The van der Waals surface area contributed by atoms with E-state index < -0.39 is 39.9 Å². The minimum Gasteiger partial charge on any atom is -0.350 e. The quantitative estimate of drug-likeness (QED) is 0.329. The maximum atomic E-state index is 14.0. The Hall–Kier alpha value is -3.43. The summed E-state index contributed by atoms with van der Waals surface area (Å²) in [7, 11) is -4.23. The van der Waals surface area contributed by atoms with Crippen LogP contribution in [0.15, 0.2) is 77.7 Å². The molecule has 0 saturated heterocycles. The van der Waals surface area contributed by atoms with Crippen molar-refractivity contribution in [3.05, 3.63) is 94.8 Å². The lowest BCUT2D eigenvalue weighted by molar-refractivity contribution is -0.141. The van der Waals surface area contributed by atoms with Crippen LogP contribution in [0, 0.1) is 12.7 Å². The van der Waals surface area contributed by atoms with Crippen molar-refractivity contribution in [3.8, 4) is 0 Å². The van der Waals surface area contributed by atoms with E-state index in [2.05, 4.69) is 5.32 Å². The number of carbonyl (C=O) groups is 2. The van der Waals surface area contributed by atoms with Crippen molar-refractivity contribution >= 4 is 39.1 Å². The minimum absolute atomic E-state index is 0.0167. The van der Waals surface area contributed by atoms with Gasteiger partial charge in [-0.3, -0.25) is 13.9 Å². The average Bonchev–Trinajstić information content (AvgIpc) is 2.88. The Balaban J connectivity index is 2.06. The first-order valence-electron chi connectivity index (χ1n) is 12.9. The Morgan fingerprint density at radius 2 is 1.52 bits per heavy atom. The topological polar surface area (TPSA) is 86.8 Å². The lowest BCUT2D eigenvalue weighted by atomic mass is 10.1. The van der Waals surface area contributed by atoms with Gasteiger partial charge < -0.3 is 10.2 Å². The summed E-state index contributed by atoms with van der Waals surface area (Å²) >= 11 is 6.04. The highest BCUT2D eigenvalue weighted by Gasteiger charge is 2.34. The lowest BCUT2D eigenvalue weighted by Gasteiger charge is -2.34. The zero-order valence-corrected chi connectivity index (χ0v) is 24.9. The molecule has 1 N–H and O–H groups in total. The highest BCUT2D eigenvalue weighted by atomic mass is 35.5. The van der Waals surface area contributed by atoms with Crippen LogP contribution in [-0.4, -0.2) is 43.3 Å². The van der Waals surface area contributed by atoms with Crippen molar-refractivity contribution in [2.75, 3.05) is 10.8 Å². The fraction of sp³-hybridized carbons (Fsp3) is 0.333. The van der Waals surface area contributed by atoms with E-state index in [1.54, 1.807) is 43.3 Å². The fourth-order valence-corrected chi connectivity index (χ4v) is 5.67. The molecule has 10 heteroatoms. The van der Waals surface area contributed by atoms with Gasteiger partial charge in [0.25, 0.3) is 10.0 Å². The van der Waals surface area contributed by atoms with Crippen LogP contribution in [0.5, 0.6) is 0 Å². The Morgan fingerprint density at radius 3 is 2.05 bits per heavy atom. The second-order valence-corrected chi connectivity index (χ2v) is 12.9. The number of hydrogen-bond donors (Lipinski definition) is 1. The largest absolute Gasteiger partial charge is 0.350 e. The molecular formula is C30H35ClFN3O4S. The van der Waals surface area contributed by atoms with Crippen molar-refractivity contribution < 1.29 is 22.4 Å². The predicted octanol–water partition coefficient (Wildman–Crippen LogP) is 5.70. The Morgan fingerprint density at radius 1 is 0.950 bits per heavy atom. The first kappa shape index (κ1) is 31.1. The molecule has 1 unspecified atom stereocenters. The van der Waals surface area contributed by atoms with Crippen LogP contribution in [0.1, 0.15) is 45.2 Å². The van der Waals surface area contributed by atoms with Gasteiger partial charge in [-0.2, -0.15) is 0 Å². The van der Waals surface area contributed by atoms with Crippen molar-refractivity contribution in [1.29, 1.82) is 0 Å². The van der Waals surface area contributed by atoms with Crippen molar-refractivity contribution in [2.45, 2.75) is 64.1 Å². The van der Waals surface area contributed by atoms with Gasteiger partial charge in [0.05, 0.1) is 10.6 Å². The second-order valence-electron chi connectivity index (χ2n) is 10.6. The van der Waals surface area contributed by atoms with Gasteiger partial charge >= 0.3 is 0 Å². The summed E-state index contributed by atoms with van der Waals surface area (Å²) in [6, 6.07) is 17.1. The molecule has 40 heavy (non-hydrogen) atoms. The van der Waals surface area contributed by atoms with Gasteiger partial charge in [-0.25, -0.2) is 12.8 Å². The number of nitrogens with one attached hydrogen (secondary N) is 1. The molecule has 7 nitrogen and oxygen atoms in total. The highest BCUT2D eigenvalue weighted by Crippen LogP contribution is 2.26. The molecular weight excluding hydrogens is 553 g/mol. The summed E-state index contributed by atoms with van der Waals surface area (Å²) in [6.07, 6.45) is 0.294. The summed E-state index contributed by atoms with van der Waals surface area (Å²) in [5.74, 6) is -1.49. The van der Waals surface area contributed by atoms with Crippen LogP contribution >= 0.6 is 11.6 Å². The number of anilines is 1. The first-order chi connectivity index (χ1) is 18.7. The molecule has 0 aromatic heterocycles. The molecule has 0 radical (unpaired) electrons. The van der Waals surface area contributed by atoms with Crippen LogP contribution in [0.3, 0.4) is 0 Å². The number of halogens is 2. The fourth-order valence-electron chi connectivity index (χ4n) is 4.13. The van der Waals surface area contributed by atoms with Gasteiger partial charge in [-0.15, -0.1) is 0 Å². The van der Waals surface area contributed by atoms with E-state index in [1.165, 1.54) is 29.2 Å². The number of benzene rings is 3. The smallest absolute Gasteiger partial charge is 0.264 e. The molecule has 0 heterocycles. The SMILES string of the molecule is CCC(C(=O)NC(C)(C)C)N(Cc1ccc(Cl)cc1)C(=O)CN(c1ccc(F)cc1)S(=O)(=O)c1ccc(C)cc1. The van der Waals surface area contributed by atoms with Crippen LogP contribution in [-0.2, 0) is 26.2 Å². The van der Waals surface area contributed by atoms with E-state index in [4.69, 9.17) is 11.6 Å². The first-order valence-corrected chi connectivity index (χ1v) is 14.7. The van der Waals surface area contributed by atoms with Crippen molar-refractivity contribution in [3.63, 3.8) is 0 Å². The number of hydrogen-bond acceptors (Lipinski definition) is 4. The molecule has 0 aliphatic rings. The van der Waals surface area contributed by atoms with E-state index >= 15 is 0 Å². The zero-order chi connectivity index (χ0) is 29.7. The molecule has 0 spiro atoms. The maximum Gasteiger partial charge on any atom is 0.264 e. The Labute approximate surface area is 241 Å². The third kappa shape index (κ3) is 8.05. The zero-order valence-electron chi connectivity index (χ0n) is 23.3. The molecule has 0 aliphatic carbocycles. The van der Waals surface area contributed by atoms with Gasteiger partial charge in [0.1, 0.15) is 18.4 Å². The standard InChI is InChI=1S/C30H35ClFN3O4S/c1-6-27(29(37)33-30(3,4)5)34(19-22-9-11-23(31)12-10-22)28(36)20-35(25-15-13-24(32)14-16-25)40(38,39)26-17-7-21(2)8-18-26/h7-18,27H,6,19-20H2,1-5H3,(H,33,37). The van der Waals surface area contributed by atoms with E-state index in [0.29, 0.717) is 11.4 Å². The maximum absolute atomic E-state index is 14.0. The molecule has 0 aliphatic heterocycles. The average molecular weight is 588 g/mol. The monoisotopic (exact) mass is 587 g/mol. The van der Waals surface area contributed by atoms with Crippen LogP contribution in [0.2, 0.25) is 5.02 Å². The predicted molar refractivity (Wildman–Crippen MR) is 156 cm³/mol. The lowest BCUT2D eigenvalue weighted by Crippen LogP contribution is -2.55. The molecule has 0 fully saturated rings. The van der Waals surface area contributed by atoms with Crippen molar-refractivity contribution in [2.24, 2.45) is 0 Å². The highest BCUT2D eigenvalue weighted by molar-refractivity contribution is 7.92. The van der Waals surface area contributed by atoms with Gasteiger partial charge in [0, 0.05) is 17.1 Å². The minimum atomic E-state index is -4.23. The number of amides is 2. The number of sulfonamides is 1.